The predicted molar refractivity (Wildman–Crippen MR) is 37.0 cm³/mol. The average molecular weight is 141 g/mol. The van der Waals surface area contributed by atoms with Crippen molar-refractivity contribution in [1.82, 2.24) is 0 Å². The highest BCUT2D eigenvalue weighted by Gasteiger charge is 2.07. The van der Waals surface area contributed by atoms with Crippen molar-refractivity contribution >= 4 is 0 Å². The van der Waals surface area contributed by atoms with Gasteiger partial charge in [0, 0.05) is 0 Å². The van der Waals surface area contributed by atoms with Crippen LogP contribution in [-0.2, 0) is 4.74 Å². The summed E-state index contributed by atoms with van der Waals surface area (Å²) in [4.78, 5) is 0. The number of aliphatic hydroxyl groups is 1. The van der Waals surface area contributed by atoms with Crippen LogP contribution in [0.3, 0.4) is 0 Å². The lowest BCUT2D eigenvalue weighted by Gasteiger charge is -2.08. The molecule has 0 spiro atoms. The van der Waals surface area contributed by atoms with Gasteiger partial charge in [-0.05, 0) is 13.8 Å². The molecule has 0 aromatic carbocycles. The van der Waals surface area contributed by atoms with E-state index in [2.05, 4.69) is 0 Å². The summed E-state index contributed by atoms with van der Waals surface area (Å²) in [5.74, 6) is 0.336. The van der Waals surface area contributed by atoms with Crippen LogP contribution in [-0.4, -0.2) is 18.3 Å². The summed E-state index contributed by atoms with van der Waals surface area (Å²) in [5, 5.41) is 17.4. The van der Waals surface area contributed by atoms with Crippen LogP contribution >= 0.6 is 0 Å². The monoisotopic (exact) mass is 141 g/mol. The highest BCUT2D eigenvalue weighted by atomic mass is 16.5. The Morgan fingerprint density at radius 1 is 1.70 bits per heavy atom. The van der Waals surface area contributed by atoms with Gasteiger partial charge in [0.25, 0.3) is 0 Å². The van der Waals surface area contributed by atoms with Crippen molar-refractivity contribution in [2.24, 2.45) is 0 Å². The number of allylic oxidation sites excluding steroid dienone is 1. The highest BCUT2D eigenvalue weighted by molar-refractivity contribution is 5.23. The maximum atomic E-state index is 8.98. The predicted octanol–water partition coefficient (Wildman–Crippen LogP) is 0.811. The van der Waals surface area contributed by atoms with E-state index < -0.39 is 6.10 Å². The minimum absolute atomic E-state index is 0.336. The average Bonchev–Trinajstić information content (AvgIpc) is 1.88. The third-order valence-electron chi connectivity index (χ3n) is 1.14. The first kappa shape index (κ1) is 8.99. The highest BCUT2D eigenvalue weighted by Crippen LogP contribution is 2.07. The van der Waals surface area contributed by atoms with Crippen molar-refractivity contribution in [3.63, 3.8) is 0 Å². The first-order valence-electron chi connectivity index (χ1n) is 2.96. The topological polar surface area (TPSA) is 53.2 Å². The molecule has 0 fully saturated rings. The maximum Gasteiger partial charge on any atom is 0.137 e. The second-order valence-electron chi connectivity index (χ2n) is 1.98. The van der Waals surface area contributed by atoms with Gasteiger partial charge in [-0.3, -0.25) is 0 Å². The van der Waals surface area contributed by atoms with Crippen molar-refractivity contribution in [3.05, 3.63) is 11.3 Å². The molecule has 0 bridgehead atoms. The number of nitrogens with zero attached hydrogens (tertiary/aromatic N) is 1. The summed E-state index contributed by atoms with van der Waals surface area (Å²) >= 11 is 0. The SMILES string of the molecule is CO/C(=C(\C)C#N)C(C)O. The Labute approximate surface area is 60.5 Å². The van der Waals surface area contributed by atoms with E-state index in [1.54, 1.807) is 13.8 Å². The number of methoxy groups -OCH3 is 1. The second-order valence-corrected chi connectivity index (χ2v) is 1.98. The van der Waals surface area contributed by atoms with Crippen LogP contribution < -0.4 is 0 Å². The Morgan fingerprint density at radius 3 is 2.30 bits per heavy atom. The zero-order valence-corrected chi connectivity index (χ0v) is 6.38. The smallest absolute Gasteiger partial charge is 0.137 e. The van der Waals surface area contributed by atoms with Gasteiger partial charge in [0.05, 0.1) is 18.8 Å². The summed E-state index contributed by atoms with van der Waals surface area (Å²) in [6.07, 6.45) is -0.704. The van der Waals surface area contributed by atoms with E-state index >= 15 is 0 Å². The molecule has 3 nitrogen and oxygen atoms in total. The number of hydrogen-bond donors (Lipinski definition) is 1. The quantitative estimate of drug-likeness (QED) is 0.457. The zero-order valence-electron chi connectivity index (χ0n) is 6.38. The maximum absolute atomic E-state index is 8.98. The molecule has 0 aromatic rings. The molecule has 0 saturated carbocycles. The summed E-state index contributed by atoms with van der Waals surface area (Å²) in [6, 6.07) is 1.89. The van der Waals surface area contributed by atoms with Crippen molar-refractivity contribution in [2.45, 2.75) is 20.0 Å². The minimum Gasteiger partial charge on any atom is -0.497 e. The fourth-order valence-electron chi connectivity index (χ4n) is 0.692. The standard InChI is InChI=1S/C7H11NO2/c1-5(4-8)7(10-3)6(2)9/h6,9H,1-3H3/b7-5+. The molecule has 56 valence electrons. The molecule has 0 aliphatic heterocycles. The lowest BCUT2D eigenvalue weighted by Crippen LogP contribution is -2.08. The molecule has 0 radical (unpaired) electrons. The third kappa shape index (κ3) is 2.08. The largest absolute Gasteiger partial charge is 0.497 e. The molecule has 1 N–H and O–H groups in total. The molecule has 0 aromatic heterocycles. The molecular weight excluding hydrogens is 130 g/mol. The van der Waals surface area contributed by atoms with Gasteiger partial charge in [-0.1, -0.05) is 0 Å². The van der Waals surface area contributed by atoms with Crippen molar-refractivity contribution in [2.75, 3.05) is 7.11 Å². The second kappa shape index (κ2) is 3.91. The lowest BCUT2D eigenvalue weighted by atomic mass is 10.2. The molecule has 1 unspecified atom stereocenters. The number of hydrogen-bond acceptors (Lipinski definition) is 3. The van der Waals surface area contributed by atoms with E-state index in [1.807, 2.05) is 6.07 Å². The van der Waals surface area contributed by atoms with E-state index in [-0.39, 0.29) is 0 Å². The molecule has 0 saturated heterocycles. The molecule has 0 heterocycles. The van der Waals surface area contributed by atoms with E-state index in [1.165, 1.54) is 7.11 Å². The molecule has 0 aliphatic rings. The van der Waals surface area contributed by atoms with Crippen LogP contribution in [0.25, 0.3) is 0 Å². The van der Waals surface area contributed by atoms with Gasteiger partial charge in [0.1, 0.15) is 11.9 Å². The Balaban J connectivity index is 4.50. The first-order valence-corrected chi connectivity index (χ1v) is 2.96. The Morgan fingerprint density at radius 2 is 2.20 bits per heavy atom. The molecule has 0 aliphatic carbocycles. The van der Waals surface area contributed by atoms with Gasteiger partial charge in [-0.15, -0.1) is 0 Å². The fraction of sp³-hybridized carbons (Fsp3) is 0.571. The van der Waals surface area contributed by atoms with Crippen molar-refractivity contribution in [3.8, 4) is 6.07 Å². The van der Waals surface area contributed by atoms with E-state index in [0.717, 1.165) is 0 Å². The van der Waals surface area contributed by atoms with Crippen LogP contribution in [0, 0.1) is 11.3 Å². The molecule has 0 rings (SSSR count). The lowest BCUT2D eigenvalue weighted by molar-refractivity contribution is 0.140. The van der Waals surface area contributed by atoms with Crippen LogP contribution in [0.5, 0.6) is 0 Å². The fourth-order valence-corrected chi connectivity index (χ4v) is 0.692. The van der Waals surface area contributed by atoms with Gasteiger partial charge in [0.15, 0.2) is 0 Å². The summed E-state index contributed by atoms with van der Waals surface area (Å²) < 4.78 is 4.77. The number of aliphatic hydroxyl groups excluding tert-OH is 1. The molecule has 1 atom stereocenters. The van der Waals surface area contributed by atoms with Crippen LogP contribution in [0.15, 0.2) is 11.3 Å². The summed E-state index contributed by atoms with van der Waals surface area (Å²) in [6.45, 7) is 3.16. The molecule has 0 amide bonds. The van der Waals surface area contributed by atoms with Crippen molar-refractivity contribution in [1.29, 1.82) is 5.26 Å². The van der Waals surface area contributed by atoms with Gasteiger partial charge < -0.3 is 9.84 Å². The molecular formula is C7H11NO2. The molecule has 3 heteroatoms. The van der Waals surface area contributed by atoms with E-state index in [4.69, 9.17) is 15.1 Å². The third-order valence-corrected chi connectivity index (χ3v) is 1.14. The minimum atomic E-state index is -0.704. The number of nitriles is 1. The van der Waals surface area contributed by atoms with Gasteiger partial charge in [0.2, 0.25) is 0 Å². The molecule has 10 heavy (non-hydrogen) atoms. The van der Waals surface area contributed by atoms with Gasteiger partial charge in [-0.2, -0.15) is 5.26 Å². The zero-order chi connectivity index (χ0) is 8.15. The van der Waals surface area contributed by atoms with Crippen LogP contribution in [0.4, 0.5) is 0 Å². The number of rotatable bonds is 2. The Hall–Kier alpha value is -1.01. The van der Waals surface area contributed by atoms with Crippen molar-refractivity contribution < 1.29 is 9.84 Å². The van der Waals surface area contributed by atoms with E-state index in [9.17, 15) is 0 Å². The normalized spacial score (nSPS) is 15.1. The summed E-state index contributed by atoms with van der Waals surface area (Å²) in [5.41, 5.74) is 0.414. The Kier molecular flexibility index (Phi) is 3.52. The summed E-state index contributed by atoms with van der Waals surface area (Å²) in [7, 11) is 1.43. The van der Waals surface area contributed by atoms with Crippen LogP contribution in [0.1, 0.15) is 13.8 Å². The van der Waals surface area contributed by atoms with E-state index in [0.29, 0.717) is 11.3 Å². The van der Waals surface area contributed by atoms with Gasteiger partial charge in [-0.25, -0.2) is 0 Å². The van der Waals surface area contributed by atoms with Crippen LogP contribution in [0.2, 0.25) is 0 Å². The first-order chi connectivity index (χ1) is 4.63. The number of ether oxygens (including phenoxy) is 1. The van der Waals surface area contributed by atoms with Gasteiger partial charge >= 0.3 is 0 Å². The Bertz CT molecular complexity index is 177.